The molecule has 0 saturated carbocycles. The molecule has 0 aliphatic heterocycles. The Labute approximate surface area is 197 Å². The molecule has 4 heterocycles. The Hall–Kier alpha value is -3.76. The van der Waals surface area contributed by atoms with E-state index in [0.29, 0.717) is 34.7 Å². The van der Waals surface area contributed by atoms with E-state index in [1.165, 1.54) is 23.1 Å². The van der Waals surface area contributed by atoms with Gasteiger partial charge in [-0.25, -0.2) is 4.98 Å². The number of aromatic nitrogens is 5. The highest BCUT2D eigenvalue weighted by atomic mass is 32.2. The van der Waals surface area contributed by atoms with Gasteiger partial charge in [-0.15, -0.1) is 21.5 Å². The molecule has 1 aromatic carbocycles. The zero-order valence-corrected chi connectivity index (χ0v) is 18.9. The minimum atomic E-state index is -0.202. The standard InChI is InChI=1S/C23H18N6O2S2/c30-22(25-13-16-8-10-24-11-9-16)18-14-32-20(26-18)15-33-23-28-27-21(19-7-4-12-31-19)29(23)17-5-2-1-3-6-17/h1-12,14H,13,15H2,(H,25,30). The van der Waals surface area contributed by atoms with Crippen molar-refractivity contribution in [2.45, 2.75) is 17.5 Å². The highest BCUT2D eigenvalue weighted by molar-refractivity contribution is 7.98. The van der Waals surface area contributed by atoms with Crippen molar-refractivity contribution in [3.8, 4) is 17.3 Å². The Morgan fingerprint density at radius 2 is 1.91 bits per heavy atom. The quantitative estimate of drug-likeness (QED) is 0.328. The van der Waals surface area contributed by atoms with Gasteiger partial charge in [0.15, 0.2) is 10.9 Å². The molecule has 0 spiro atoms. The molecule has 0 fully saturated rings. The van der Waals surface area contributed by atoms with Crippen LogP contribution in [0.4, 0.5) is 0 Å². The molecule has 1 amide bonds. The number of thiazole rings is 1. The van der Waals surface area contributed by atoms with Gasteiger partial charge in [-0.3, -0.25) is 14.3 Å². The predicted octanol–water partition coefficient (Wildman–Crippen LogP) is 4.60. The summed E-state index contributed by atoms with van der Waals surface area (Å²) in [6.07, 6.45) is 5.01. The third kappa shape index (κ3) is 4.86. The maximum absolute atomic E-state index is 12.5. The van der Waals surface area contributed by atoms with E-state index in [9.17, 15) is 4.79 Å². The largest absolute Gasteiger partial charge is 0.461 e. The van der Waals surface area contributed by atoms with Crippen molar-refractivity contribution in [1.82, 2.24) is 30.0 Å². The molecule has 164 valence electrons. The van der Waals surface area contributed by atoms with Gasteiger partial charge in [0, 0.05) is 30.0 Å². The molecule has 0 saturated heterocycles. The molecular weight excluding hydrogens is 456 g/mol. The van der Waals surface area contributed by atoms with E-state index < -0.39 is 0 Å². The molecule has 8 nitrogen and oxygen atoms in total. The molecule has 0 atom stereocenters. The number of para-hydroxylation sites is 1. The van der Waals surface area contributed by atoms with Crippen molar-refractivity contribution in [2.75, 3.05) is 0 Å². The fourth-order valence-corrected chi connectivity index (χ4v) is 4.86. The summed E-state index contributed by atoms with van der Waals surface area (Å²) in [6, 6.07) is 17.3. The lowest BCUT2D eigenvalue weighted by molar-refractivity contribution is 0.0946. The summed E-state index contributed by atoms with van der Waals surface area (Å²) in [5, 5.41) is 14.9. The van der Waals surface area contributed by atoms with Crippen LogP contribution in [0.25, 0.3) is 17.3 Å². The molecule has 0 bridgehead atoms. The molecule has 1 N–H and O–H groups in total. The summed E-state index contributed by atoms with van der Waals surface area (Å²) in [4.78, 5) is 20.9. The lowest BCUT2D eigenvalue weighted by atomic mass is 10.2. The number of pyridine rings is 1. The van der Waals surface area contributed by atoms with Gasteiger partial charge in [0.2, 0.25) is 5.82 Å². The average molecular weight is 475 g/mol. The molecule has 0 aliphatic carbocycles. The molecule has 0 aliphatic rings. The van der Waals surface area contributed by atoms with E-state index in [1.54, 1.807) is 24.0 Å². The Morgan fingerprint density at radius 3 is 2.70 bits per heavy atom. The van der Waals surface area contributed by atoms with Crippen molar-refractivity contribution in [2.24, 2.45) is 0 Å². The zero-order chi connectivity index (χ0) is 22.5. The SMILES string of the molecule is O=C(NCc1ccncc1)c1csc(CSc2nnc(-c3ccco3)n2-c2ccccc2)n1. The Balaban J connectivity index is 1.29. The first-order valence-corrected chi connectivity index (χ1v) is 11.9. The molecule has 33 heavy (non-hydrogen) atoms. The van der Waals surface area contributed by atoms with Crippen LogP contribution in [0, 0.1) is 0 Å². The number of nitrogens with one attached hydrogen (secondary N) is 1. The van der Waals surface area contributed by atoms with Gasteiger partial charge in [-0.2, -0.15) is 0 Å². The van der Waals surface area contributed by atoms with Crippen LogP contribution in [0.15, 0.2) is 88.2 Å². The molecule has 4 aromatic heterocycles. The average Bonchev–Trinajstić information content (AvgIpc) is 3.63. The molecule has 5 aromatic rings. The molecule has 0 radical (unpaired) electrons. The summed E-state index contributed by atoms with van der Waals surface area (Å²) in [5.74, 6) is 1.63. The lowest BCUT2D eigenvalue weighted by Gasteiger charge is -2.08. The number of hydrogen-bond acceptors (Lipinski definition) is 8. The third-order valence-corrected chi connectivity index (χ3v) is 6.67. The van der Waals surface area contributed by atoms with Crippen LogP contribution >= 0.6 is 23.1 Å². The van der Waals surface area contributed by atoms with Crippen molar-refractivity contribution >= 4 is 29.0 Å². The Kier molecular flexibility index (Phi) is 6.27. The van der Waals surface area contributed by atoms with Crippen LogP contribution in [0.1, 0.15) is 21.1 Å². The molecule has 5 rings (SSSR count). The number of furan rings is 1. The van der Waals surface area contributed by atoms with E-state index in [1.807, 2.05) is 59.2 Å². The molecule has 0 unspecified atom stereocenters. The Morgan fingerprint density at radius 1 is 1.06 bits per heavy atom. The van der Waals surface area contributed by atoms with Gasteiger partial charge in [-0.05, 0) is 42.0 Å². The van der Waals surface area contributed by atoms with E-state index >= 15 is 0 Å². The highest BCUT2D eigenvalue weighted by Crippen LogP contribution is 2.30. The van der Waals surface area contributed by atoms with Crippen LogP contribution in [0.3, 0.4) is 0 Å². The summed E-state index contributed by atoms with van der Waals surface area (Å²) < 4.78 is 7.51. The Bertz CT molecular complexity index is 1330. The van der Waals surface area contributed by atoms with Gasteiger partial charge in [-0.1, -0.05) is 30.0 Å². The normalized spacial score (nSPS) is 10.9. The van der Waals surface area contributed by atoms with Crippen LogP contribution in [-0.2, 0) is 12.3 Å². The number of rotatable bonds is 8. The third-order valence-electron chi connectivity index (χ3n) is 4.70. The summed E-state index contributed by atoms with van der Waals surface area (Å²) >= 11 is 2.95. The number of carbonyl (C=O) groups is 1. The number of carbonyl (C=O) groups excluding carboxylic acids is 1. The lowest BCUT2D eigenvalue weighted by Crippen LogP contribution is -2.23. The van der Waals surface area contributed by atoms with E-state index in [-0.39, 0.29) is 5.91 Å². The minimum Gasteiger partial charge on any atom is -0.461 e. The maximum Gasteiger partial charge on any atom is 0.271 e. The topological polar surface area (TPSA) is 98.7 Å². The maximum atomic E-state index is 12.5. The second-order valence-corrected chi connectivity index (χ2v) is 8.79. The summed E-state index contributed by atoms with van der Waals surface area (Å²) in [7, 11) is 0. The summed E-state index contributed by atoms with van der Waals surface area (Å²) in [5.41, 5.74) is 2.33. The first kappa shape index (κ1) is 21.1. The minimum absolute atomic E-state index is 0.202. The number of amides is 1. The zero-order valence-electron chi connectivity index (χ0n) is 17.3. The van der Waals surface area contributed by atoms with Crippen LogP contribution in [-0.4, -0.2) is 30.6 Å². The fourth-order valence-electron chi connectivity index (χ4n) is 3.12. The monoisotopic (exact) mass is 474 g/mol. The van der Waals surface area contributed by atoms with Crippen molar-refractivity contribution in [3.05, 3.63) is 94.9 Å². The second-order valence-electron chi connectivity index (χ2n) is 6.91. The smallest absolute Gasteiger partial charge is 0.271 e. The van der Waals surface area contributed by atoms with Gasteiger partial charge in [0.1, 0.15) is 10.7 Å². The number of hydrogen-bond donors (Lipinski definition) is 1. The van der Waals surface area contributed by atoms with Crippen LogP contribution in [0.5, 0.6) is 0 Å². The number of benzene rings is 1. The fraction of sp³-hybridized carbons (Fsp3) is 0.0870. The van der Waals surface area contributed by atoms with E-state index in [0.717, 1.165) is 16.3 Å². The predicted molar refractivity (Wildman–Crippen MR) is 126 cm³/mol. The second kappa shape index (κ2) is 9.80. The van der Waals surface area contributed by atoms with Crippen molar-refractivity contribution < 1.29 is 9.21 Å². The highest BCUT2D eigenvalue weighted by Gasteiger charge is 2.19. The first-order valence-electron chi connectivity index (χ1n) is 10.1. The van der Waals surface area contributed by atoms with E-state index in [2.05, 4.69) is 25.5 Å². The van der Waals surface area contributed by atoms with Crippen LogP contribution < -0.4 is 5.32 Å². The van der Waals surface area contributed by atoms with Gasteiger partial charge in [0.25, 0.3) is 5.91 Å². The van der Waals surface area contributed by atoms with Gasteiger partial charge < -0.3 is 9.73 Å². The summed E-state index contributed by atoms with van der Waals surface area (Å²) in [6.45, 7) is 0.429. The van der Waals surface area contributed by atoms with Crippen LogP contribution in [0.2, 0.25) is 0 Å². The van der Waals surface area contributed by atoms with Gasteiger partial charge >= 0.3 is 0 Å². The first-order chi connectivity index (χ1) is 16.3. The molecule has 10 heteroatoms. The number of nitrogens with zero attached hydrogens (tertiary/aromatic N) is 5. The van der Waals surface area contributed by atoms with Crippen molar-refractivity contribution in [1.29, 1.82) is 0 Å². The molecular formula is C23H18N6O2S2. The van der Waals surface area contributed by atoms with Crippen molar-refractivity contribution in [3.63, 3.8) is 0 Å². The van der Waals surface area contributed by atoms with E-state index in [4.69, 9.17) is 4.42 Å². The number of thioether (sulfide) groups is 1. The van der Waals surface area contributed by atoms with Gasteiger partial charge in [0.05, 0.1) is 12.0 Å².